The van der Waals surface area contributed by atoms with E-state index in [1.165, 1.54) is 0 Å². The number of rotatable bonds is 4. The molecule has 0 aromatic rings. The smallest absolute Gasteiger partial charge is 0.0507 e. The molecule has 0 aliphatic rings. The molecule has 2 nitrogen and oxygen atoms in total. The Morgan fingerprint density at radius 3 is 2.86 bits per heavy atom. The standard InChI is InChI=1S/C5H12N2/c1-3-7-5-4-6-2/h7H,2-5H2,1H3. The third-order valence-electron chi connectivity index (χ3n) is 0.697. The fourth-order valence-electron chi connectivity index (χ4n) is 0.335. The summed E-state index contributed by atoms with van der Waals surface area (Å²) in [6.07, 6.45) is 0. The third kappa shape index (κ3) is 5.63. The van der Waals surface area contributed by atoms with Crippen molar-refractivity contribution in [3.8, 4) is 0 Å². The SMILES string of the molecule is C=NCCNCC. The average molecular weight is 100 g/mol. The Labute approximate surface area is 44.6 Å². The first-order valence-corrected chi connectivity index (χ1v) is 2.55. The lowest BCUT2D eigenvalue weighted by Crippen LogP contribution is -2.15. The van der Waals surface area contributed by atoms with Crippen LogP contribution in [0, 0.1) is 0 Å². The van der Waals surface area contributed by atoms with Crippen LogP contribution in [0.2, 0.25) is 0 Å². The van der Waals surface area contributed by atoms with Crippen molar-refractivity contribution < 1.29 is 0 Å². The van der Waals surface area contributed by atoms with Crippen LogP contribution in [0.25, 0.3) is 0 Å². The molecule has 0 aromatic heterocycles. The molecule has 0 heterocycles. The van der Waals surface area contributed by atoms with Crippen molar-refractivity contribution in [3.05, 3.63) is 0 Å². The van der Waals surface area contributed by atoms with Gasteiger partial charge in [0, 0.05) is 6.54 Å². The maximum Gasteiger partial charge on any atom is 0.0507 e. The summed E-state index contributed by atoms with van der Waals surface area (Å²) in [4.78, 5) is 3.66. The third-order valence-corrected chi connectivity index (χ3v) is 0.697. The number of nitrogens with zero attached hydrogens (tertiary/aromatic N) is 1. The highest BCUT2D eigenvalue weighted by Gasteiger charge is 1.74. The van der Waals surface area contributed by atoms with E-state index in [0.29, 0.717) is 0 Å². The molecule has 0 aromatic carbocycles. The van der Waals surface area contributed by atoms with Crippen molar-refractivity contribution in [3.63, 3.8) is 0 Å². The zero-order valence-electron chi connectivity index (χ0n) is 4.78. The predicted molar refractivity (Wildman–Crippen MR) is 33.0 cm³/mol. The van der Waals surface area contributed by atoms with Gasteiger partial charge in [-0.15, -0.1) is 0 Å². The Hall–Kier alpha value is -0.370. The second-order valence-electron chi connectivity index (χ2n) is 1.30. The Morgan fingerprint density at radius 1 is 1.71 bits per heavy atom. The number of hydrogen-bond donors (Lipinski definition) is 1. The van der Waals surface area contributed by atoms with Gasteiger partial charge in [0.2, 0.25) is 0 Å². The van der Waals surface area contributed by atoms with Gasteiger partial charge in [0.1, 0.15) is 0 Å². The van der Waals surface area contributed by atoms with E-state index in [2.05, 4.69) is 24.0 Å². The lowest BCUT2D eigenvalue weighted by Gasteiger charge is -1.92. The average Bonchev–Trinajstić information content (AvgIpc) is 1.69. The topological polar surface area (TPSA) is 24.4 Å². The van der Waals surface area contributed by atoms with Gasteiger partial charge in [-0.1, -0.05) is 6.92 Å². The monoisotopic (exact) mass is 100 g/mol. The molecule has 0 radical (unpaired) electrons. The lowest BCUT2D eigenvalue weighted by molar-refractivity contribution is 0.727. The first-order valence-electron chi connectivity index (χ1n) is 2.55. The number of hydrogen-bond acceptors (Lipinski definition) is 2. The van der Waals surface area contributed by atoms with Crippen molar-refractivity contribution in [2.45, 2.75) is 6.92 Å². The maximum absolute atomic E-state index is 3.66. The molecule has 0 saturated heterocycles. The quantitative estimate of drug-likeness (QED) is 0.398. The summed E-state index contributed by atoms with van der Waals surface area (Å²) in [5, 5.41) is 3.12. The van der Waals surface area contributed by atoms with E-state index in [9.17, 15) is 0 Å². The highest BCUT2D eigenvalue weighted by molar-refractivity contribution is 5.23. The van der Waals surface area contributed by atoms with E-state index >= 15 is 0 Å². The first-order chi connectivity index (χ1) is 3.41. The number of likely N-dealkylation sites (N-methyl/N-ethyl adjacent to an activating group) is 1. The zero-order chi connectivity index (χ0) is 5.54. The van der Waals surface area contributed by atoms with Gasteiger partial charge >= 0.3 is 0 Å². The molecular weight excluding hydrogens is 88.1 g/mol. The van der Waals surface area contributed by atoms with Crippen LogP contribution < -0.4 is 5.32 Å². The summed E-state index contributed by atoms with van der Waals surface area (Å²) < 4.78 is 0. The van der Waals surface area contributed by atoms with E-state index in [-0.39, 0.29) is 0 Å². The van der Waals surface area contributed by atoms with Crippen molar-refractivity contribution >= 4 is 6.72 Å². The lowest BCUT2D eigenvalue weighted by atomic mass is 10.6. The molecule has 0 saturated carbocycles. The minimum Gasteiger partial charge on any atom is -0.315 e. The summed E-state index contributed by atoms with van der Waals surface area (Å²) >= 11 is 0. The Balaban J connectivity index is 2.56. The molecule has 0 bridgehead atoms. The summed E-state index contributed by atoms with van der Waals surface area (Å²) in [7, 11) is 0. The van der Waals surface area contributed by atoms with Gasteiger partial charge in [-0.2, -0.15) is 0 Å². The van der Waals surface area contributed by atoms with Crippen molar-refractivity contribution in [1.82, 2.24) is 5.32 Å². The Morgan fingerprint density at radius 2 is 2.43 bits per heavy atom. The molecule has 42 valence electrons. The molecular formula is C5H12N2. The molecule has 1 N–H and O–H groups in total. The molecule has 0 rings (SSSR count). The fraction of sp³-hybridized carbons (Fsp3) is 0.800. The highest BCUT2D eigenvalue weighted by atomic mass is 14.9. The first kappa shape index (κ1) is 6.63. The minimum atomic E-state index is 0.827. The molecule has 0 spiro atoms. The molecule has 0 aliphatic heterocycles. The number of aliphatic imine (C=N–C) groups is 1. The van der Waals surface area contributed by atoms with Crippen LogP contribution in [0.5, 0.6) is 0 Å². The second-order valence-corrected chi connectivity index (χ2v) is 1.30. The van der Waals surface area contributed by atoms with Crippen LogP contribution in [0.4, 0.5) is 0 Å². The van der Waals surface area contributed by atoms with Crippen LogP contribution in [-0.4, -0.2) is 26.4 Å². The highest BCUT2D eigenvalue weighted by Crippen LogP contribution is 1.60. The minimum absolute atomic E-state index is 0.827. The molecule has 0 aliphatic carbocycles. The van der Waals surface area contributed by atoms with E-state index in [0.717, 1.165) is 19.6 Å². The molecule has 0 amide bonds. The van der Waals surface area contributed by atoms with Gasteiger partial charge in [-0.25, -0.2) is 0 Å². The van der Waals surface area contributed by atoms with E-state index in [4.69, 9.17) is 0 Å². The van der Waals surface area contributed by atoms with Crippen LogP contribution in [0.1, 0.15) is 6.92 Å². The summed E-state index contributed by atoms with van der Waals surface area (Å²) in [6, 6.07) is 0. The van der Waals surface area contributed by atoms with Crippen LogP contribution in [-0.2, 0) is 0 Å². The van der Waals surface area contributed by atoms with Crippen molar-refractivity contribution in [1.29, 1.82) is 0 Å². The summed E-state index contributed by atoms with van der Waals surface area (Å²) in [5.74, 6) is 0. The van der Waals surface area contributed by atoms with Gasteiger partial charge in [0.05, 0.1) is 6.54 Å². The molecule has 0 atom stereocenters. The predicted octanol–water partition coefficient (Wildman–Crippen LogP) is 0.296. The molecule has 7 heavy (non-hydrogen) atoms. The number of nitrogens with one attached hydrogen (secondary N) is 1. The molecule has 0 unspecified atom stereocenters. The Kier molecular flexibility index (Phi) is 5.33. The fourth-order valence-corrected chi connectivity index (χ4v) is 0.335. The van der Waals surface area contributed by atoms with Crippen LogP contribution in [0.3, 0.4) is 0 Å². The van der Waals surface area contributed by atoms with Gasteiger partial charge < -0.3 is 5.32 Å². The maximum atomic E-state index is 3.66. The molecule has 2 heteroatoms. The van der Waals surface area contributed by atoms with Gasteiger partial charge in [-0.3, -0.25) is 4.99 Å². The van der Waals surface area contributed by atoms with E-state index in [1.807, 2.05) is 0 Å². The van der Waals surface area contributed by atoms with Crippen LogP contribution >= 0.6 is 0 Å². The van der Waals surface area contributed by atoms with Crippen molar-refractivity contribution in [2.24, 2.45) is 4.99 Å². The van der Waals surface area contributed by atoms with Crippen LogP contribution in [0.15, 0.2) is 4.99 Å². The summed E-state index contributed by atoms with van der Waals surface area (Å²) in [5.41, 5.74) is 0. The van der Waals surface area contributed by atoms with E-state index < -0.39 is 0 Å². The molecule has 0 fully saturated rings. The van der Waals surface area contributed by atoms with E-state index in [1.54, 1.807) is 0 Å². The zero-order valence-corrected chi connectivity index (χ0v) is 4.78. The van der Waals surface area contributed by atoms with Gasteiger partial charge in [-0.05, 0) is 13.3 Å². The van der Waals surface area contributed by atoms with Crippen molar-refractivity contribution in [2.75, 3.05) is 19.6 Å². The second kappa shape index (κ2) is 5.63. The summed E-state index contributed by atoms with van der Waals surface area (Å²) in [6.45, 7) is 8.22. The van der Waals surface area contributed by atoms with Gasteiger partial charge in [0.25, 0.3) is 0 Å². The largest absolute Gasteiger partial charge is 0.315 e. The normalized spacial score (nSPS) is 8.71. The van der Waals surface area contributed by atoms with Gasteiger partial charge in [0.15, 0.2) is 0 Å². The Bertz CT molecular complexity index is 43.3.